The van der Waals surface area contributed by atoms with Crippen LogP contribution in [0.25, 0.3) is 10.8 Å². The van der Waals surface area contributed by atoms with Crippen LogP contribution in [-0.4, -0.2) is 29.9 Å². The van der Waals surface area contributed by atoms with Crippen LogP contribution < -0.4 is 5.32 Å². The van der Waals surface area contributed by atoms with E-state index in [2.05, 4.69) is 26.2 Å². The number of carbonyl (C=O) groups excluding carboxylic acids is 1. The molecule has 0 aliphatic rings. The van der Waals surface area contributed by atoms with Crippen molar-refractivity contribution in [2.24, 2.45) is 0 Å². The van der Waals surface area contributed by atoms with E-state index >= 15 is 8.78 Å². The monoisotopic (exact) mass is 508 g/mol. The fraction of sp³-hybridized carbons (Fsp3) is 0.474. The fourth-order valence-electron chi connectivity index (χ4n) is 2.56. The van der Waals surface area contributed by atoms with Gasteiger partial charge in [0.25, 0.3) is 0 Å². The predicted octanol–water partition coefficient (Wildman–Crippen LogP) is 6.66. The number of ether oxygens (including phenoxy) is 1. The maximum absolute atomic E-state index is 15.2. The summed E-state index contributed by atoms with van der Waals surface area (Å²) in [4.78, 5) is 16.0. The van der Waals surface area contributed by atoms with Crippen LogP contribution in [0, 0.1) is 0 Å². The van der Waals surface area contributed by atoms with Crippen molar-refractivity contribution in [1.82, 2.24) is 4.98 Å². The van der Waals surface area contributed by atoms with Gasteiger partial charge in [0.1, 0.15) is 11.4 Å². The van der Waals surface area contributed by atoms with E-state index in [1.165, 1.54) is 32.2 Å². The number of halogens is 3. The van der Waals surface area contributed by atoms with E-state index in [1.54, 1.807) is 20.8 Å². The van der Waals surface area contributed by atoms with Crippen molar-refractivity contribution in [3.05, 3.63) is 34.4 Å². The van der Waals surface area contributed by atoms with Crippen LogP contribution in [0.2, 0.25) is 0 Å². The van der Waals surface area contributed by atoms with Gasteiger partial charge in [-0.15, -0.1) is 0 Å². The van der Waals surface area contributed by atoms with Crippen LogP contribution in [-0.2, 0) is 24.0 Å². The van der Waals surface area contributed by atoms with E-state index in [9.17, 15) is 9.36 Å². The molecule has 1 amide bonds. The van der Waals surface area contributed by atoms with E-state index in [-0.39, 0.29) is 23.5 Å². The van der Waals surface area contributed by atoms with Gasteiger partial charge in [-0.2, -0.15) is 8.78 Å². The van der Waals surface area contributed by atoms with Gasteiger partial charge in [0.05, 0.1) is 13.2 Å². The van der Waals surface area contributed by atoms with Gasteiger partial charge in [-0.3, -0.25) is 9.88 Å². The molecule has 0 saturated carbocycles. The lowest BCUT2D eigenvalue weighted by atomic mass is 10.1. The molecular formula is C19H24BrF2N2O5P. The number of hydrogen-bond acceptors (Lipinski definition) is 6. The van der Waals surface area contributed by atoms with Crippen molar-refractivity contribution < 1.29 is 31.9 Å². The lowest BCUT2D eigenvalue weighted by Gasteiger charge is -2.27. The number of hydrogen-bond donors (Lipinski definition) is 1. The van der Waals surface area contributed by atoms with E-state index in [0.29, 0.717) is 10.8 Å². The second-order valence-corrected chi connectivity index (χ2v) is 10.2. The van der Waals surface area contributed by atoms with Gasteiger partial charge < -0.3 is 13.8 Å². The first kappa shape index (κ1) is 24.7. The highest BCUT2D eigenvalue weighted by Crippen LogP contribution is 2.67. The fourth-order valence-corrected chi connectivity index (χ4v) is 4.88. The molecule has 0 saturated heterocycles. The predicted molar refractivity (Wildman–Crippen MR) is 114 cm³/mol. The van der Waals surface area contributed by atoms with Crippen molar-refractivity contribution in [3.63, 3.8) is 0 Å². The van der Waals surface area contributed by atoms with Crippen molar-refractivity contribution in [3.8, 4) is 0 Å². The standard InChI is InChI=1S/C19H24BrF2N2O5P/c1-6-27-30(26,28-7-2)19(21,22)14-8-12-10-16(23-11-13(12)9-15(14)20)24-17(25)29-18(3,4)5/h8-11H,6-7H2,1-5H3,(H,23,24,25). The number of nitrogens with zero attached hydrogens (tertiary/aromatic N) is 1. The quantitative estimate of drug-likeness (QED) is 0.420. The summed E-state index contributed by atoms with van der Waals surface area (Å²) >= 11 is 3.11. The molecule has 1 heterocycles. The Morgan fingerprint density at radius 3 is 2.27 bits per heavy atom. The van der Waals surface area contributed by atoms with Gasteiger partial charge in [-0.25, -0.2) is 9.78 Å². The van der Waals surface area contributed by atoms with Crippen molar-refractivity contribution >= 4 is 46.2 Å². The lowest BCUT2D eigenvalue weighted by Crippen LogP contribution is -2.27. The number of aromatic nitrogens is 1. The smallest absolute Gasteiger partial charge is 0.413 e. The van der Waals surface area contributed by atoms with E-state index < -0.39 is 30.5 Å². The number of amides is 1. The Morgan fingerprint density at radius 1 is 1.13 bits per heavy atom. The summed E-state index contributed by atoms with van der Waals surface area (Å²) < 4.78 is 58.1. The van der Waals surface area contributed by atoms with Gasteiger partial charge in [0.15, 0.2) is 0 Å². The summed E-state index contributed by atoms with van der Waals surface area (Å²) in [5.74, 6) is 0.117. The summed E-state index contributed by atoms with van der Waals surface area (Å²) in [6, 6.07) is 3.99. The van der Waals surface area contributed by atoms with Crippen LogP contribution in [0.3, 0.4) is 0 Å². The van der Waals surface area contributed by atoms with Crippen LogP contribution in [0.1, 0.15) is 40.2 Å². The number of pyridine rings is 1. The molecule has 166 valence electrons. The topological polar surface area (TPSA) is 86.8 Å². The number of benzene rings is 1. The van der Waals surface area contributed by atoms with E-state index in [1.807, 2.05) is 0 Å². The third-order valence-corrected chi connectivity index (χ3v) is 6.48. The summed E-state index contributed by atoms with van der Waals surface area (Å²) in [6.07, 6.45) is 0.688. The number of rotatable bonds is 7. The van der Waals surface area contributed by atoms with Crippen LogP contribution in [0.4, 0.5) is 19.4 Å². The zero-order valence-corrected chi connectivity index (χ0v) is 19.8. The maximum atomic E-state index is 15.2. The van der Waals surface area contributed by atoms with E-state index in [4.69, 9.17) is 13.8 Å². The summed E-state index contributed by atoms with van der Waals surface area (Å²) in [5.41, 5.74) is -5.18. The molecule has 30 heavy (non-hydrogen) atoms. The molecule has 2 aromatic rings. The molecule has 0 aliphatic carbocycles. The minimum absolute atomic E-state index is 0.0225. The number of carbonyl (C=O) groups is 1. The second kappa shape index (κ2) is 9.26. The SMILES string of the molecule is CCOP(=O)(OCC)C(F)(F)c1cc2cc(NC(=O)OC(C)(C)C)ncc2cc1Br. The summed E-state index contributed by atoms with van der Waals surface area (Å²) in [6.45, 7) is 7.64. The zero-order chi connectivity index (χ0) is 22.7. The van der Waals surface area contributed by atoms with Gasteiger partial charge in [0.2, 0.25) is 0 Å². The molecule has 2 rings (SSSR count). The van der Waals surface area contributed by atoms with E-state index in [0.717, 1.165) is 6.07 Å². The van der Waals surface area contributed by atoms with Gasteiger partial charge >= 0.3 is 19.4 Å². The Hall–Kier alpha value is -1.61. The molecule has 0 unspecified atom stereocenters. The average Bonchev–Trinajstić information content (AvgIpc) is 2.60. The van der Waals surface area contributed by atoms with Crippen LogP contribution >= 0.6 is 23.5 Å². The van der Waals surface area contributed by atoms with Crippen LogP contribution in [0.5, 0.6) is 0 Å². The normalized spacial score (nSPS) is 12.8. The average molecular weight is 509 g/mol. The minimum atomic E-state index is -4.78. The number of alkyl halides is 2. The Bertz CT molecular complexity index is 971. The Labute approximate surface area is 182 Å². The molecule has 0 atom stereocenters. The molecule has 0 aliphatic heterocycles. The first-order chi connectivity index (χ1) is 13.8. The summed E-state index contributed by atoms with van der Waals surface area (Å²) in [5, 5.41) is 3.33. The highest BCUT2D eigenvalue weighted by Gasteiger charge is 2.55. The van der Waals surface area contributed by atoms with Crippen molar-refractivity contribution in [2.45, 2.75) is 45.9 Å². The maximum Gasteiger partial charge on any atom is 0.413 e. The first-order valence-corrected chi connectivity index (χ1v) is 11.5. The second-order valence-electron chi connectivity index (χ2n) is 7.25. The molecule has 11 heteroatoms. The highest BCUT2D eigenvalue weighted by molar-refractivity contribution is 9.10. The highest BCUT2D eigenvalue weighted by atomic mass is 79.9. The minimum Gasteiger partial charge on any atom is -0.444 e. The molecule has 1 aromatic carbocycles. The Morgan fingerprint density at radius 2 is 1.73 bits per heavy atom. The molecule has 0 spiro atoms. The number of anilines is 1. The number of nitrogens with one attached hydrogen (secondary N) is 1. The van der Waals surface area contributed by atoms with Crippen molar-refractivity contribution in [2.75, 3.05) is 18.5 Å². The number of fused-ring (bicyclic) bond motifs is 1. The molecule has 1 N–H and O–H groups in total. The third kappa shape index (κ3) is 5.55. The largest absolute Gasteiger partial charge is 0.444 e. The van der Waals surface area contributed by atoms with Gasteiger partial charge in [0, 0.05) is 21.6 Å². The molecule has 7 nitrogen and oxygen atoms in total. The molecular weight excluding hydrogens is 485 g/mol. The summed E-state index contributed by atoms with van der Waals surface area (Å²) in [7, 11) is -4.78. The zero-order valence-electron chi connectivity index (χ0n) is 17.3. The Balaban J connectivity index is 2.48. The molecule has 0 fully saturated rings. The third-order valence-electron chi connectivity index (χ3n) is 3.70. The molecule has 0 radical (unpaired) electrons. The van der Waals surface area contributed by atoms with Gasteiger partial charge in [-0.1, -0.05) is 15.9 Å². The first-order valence-electron chi connectivity index (χ1n) is 9.19. The van der Waals surface area contributed by atoms with Crippen molar-refractivity contribution in [1.29, 1.82) is 0 Å². The van der Waals surface area contributed by atoms with Crippen LogP contribution in [0.15, 0.2) is 28.9 Å². The van der Waals surface area contributed by atoms with Gasteiger partial charge in [-0.05, 0) is 58.2 Å². The molecule has 1 aromatic heterocycles. The molecule has 0 bridgehead atoms. The Kier molecular flexibility index (Phi) is 7.61. The lowest BCUT2D eigenvalue weighted by molar-refractivity contribution is 0.0356.